The van der Waals surface area contributed by atoms with Gasteiger partial charge in [-0.1, -0.05) is 61.4 Å². The zero-order chi connectivity index (χ0) is 20.7. The molecule has 1 unspecified atom stereocenters. The predicted molar refractivity (Wildman–Crippen MR) is 126 cm³/mol. The summed E-state index contributed by atoms with van der Waals surface area (Å²) in [6, 6.07) is 19.9. The van der Waals surface area contributed by atoms with E-state index in [9.17, 15) is 4.79 Å². The molecule has 0 amide bonds. The highest BCUT2D eigenvalue weighted by Gasteiger charge is 2.21. The molecule has 0 bridgehead atoms. The first-order valence-electron chi connectivity index (χ1n) is 10.9. The third-order valence-corrected chi connectivity index (χ3v) is 5.47. The summed E-state index contributed by atoms with van der Waals surface area (Å²) >= 11 is 0. The van der Waals surface area contributed by atoms with Crippen molar-refractivity contribution in [2.45, 2.75) is 57.4 Å². The number of likely N-dealkylation sites (tertiary alicyclic amines) is 1. The molecule has 4 nitrogen and oxygen atoms in total. The predicted octanol–water partition coefficient (Wildman–Crippen LogP) is 5.44. The lowest BCUT2D eigenvalue weighted by molar-refractivity contribution is 0.0697. The molecule has 1 fully saturated rings. The number of hydrogen-bond acceptors (Lipinski definition) is 3. The lowest BCUT2D eigenvalue weighted by Gasteiger charge is -2.35. The highest BCUT2D eigenvalue weighted by atomic mass is 35.5. The number of nitrogens with zero attached hydrogens (tertiary/aromatic N) is 1. The number of aliphatic hydroxyl groups is 1. The molecule has 2 aromatic rings. The largest absolute Gasteiger partial charge is 0.478 e. The van der Waals surface area contributed by atoms with Gasteiger partial charge in [-0.05, 0) is 62.8 Å². The summed E-state index contributed by atoms with van der Waals surface area (Å²) in [6.07, 6.45) is 10.2. The van der Waals surface area contributed by atoms with E-state index in [-0.39, 0.29) is 12.4 Å². The first kappa shape index (κ1) is 26.2. The molecule has 1 aliphatic heterocycles. The number of unbranched alkanes of at least 4 members (excludes halogenated alkanes) is 1. The molecule has 5 heteroatoms. The van der Waals surface area contributed by atoms with E-state index in [1.807, 2.05) is 0 Å². The molecule has 0 spiro atoms. The SMILES string of the molecule is Cl.O=C(O)c1ccccc1.OCCCN1CCCCC1CCCCc1ccccc1. The van der Waals surface area contributed by atoms with Crippen molar-refractivity contribution in [3.05, 3.63) is 71.8 Å². The number of carbonyl (C=O) groups is 1. The minimum atomic E-state index is -0.879. The van der Waals surface area contributed by atoms with Crippen molar-refractivity contribution in [2.24, 2.45) is 0 Å². The fourth-order valence-corrected chi connectivity index (χ4v) is 3.89. The van der Waals surface area contributed by atoms with Gasteiger partial charge in [-0.25, -0.2) is 4.79 Å². The van der Waals surface area contributed by atoms with E-state index in [2.05, 4.69) is 35.2 Å². The molecule has 0 radical (unpaired) electrons. The summed E-state index contributed by atoms with van der Waals surface area (Å²) in [5.41, 5.74) is 1.80. The van der Waals surface area contributed by atoms with Crippen molar-refractivity contribution in [1.82, 2.24) is 4.90 Å². The van der Waals surface area contributed by atoms with Gasteiger partial charge in [0.2, 0.25) is 0 Å². The number of carboxylic acid groups (broad SMARTS) is 1. The molecule has 1 heterocycles. The lowest BCUT2D eigenvalue weighted by Crippen LogP contribution is -2.40. The number of benzene rings is 2. The third kappa shape index (κ3) is 10.2. The van der Waals surface area contributed by atoms with Crippen LogP contribution in [0.4, 0.5) is 0 Å². The molecular formula is C25H36ClNO3. The Balaban J connectivity index is 0.000000379. The standard InChI is InChI=1S/C18H29NO.C7H6O2.ClH/c20-16-8-15-19-14-7-6-13-18(19)12-5-4-11-17-9-2-1-3-10-17;8-7(9)6-4-2-1-3-5-6;/h1-3,9-10,18,20H,4-8,11-16H2;1-5H,(H,8,9);1H. The number of rotatable bonds is 9. The first-order valence-corrected chi connectivity index (χ1v) is 10.9. The number of carboxylic acids is 1. The molecule has 30 heavy (non-hydrogen) atoms. The van der Waals surface area contributed by atoms with E-state index in [0.29, 0.717) is 12.2 Å². The van der Waals surface area contributed by atoms with Crippen LogP contribution in [0.1, 0.15) is 60.9 Å². The van der Waals surface area contributed by atoms with Crippen LogP contribution in [0.3, 0.4) is 0 Å². The Kier molecular flexibility index (Phi) is 13.9. The molecule has 2 N–H and O–H groups in total. The van der Waals surface area contributed by atoms with Crippen molar-refractivity contribution >= 4 is 18.4 Å². The van der Waals surface area contributed by atoms with Crippen molar-refractivity contribution in [3.63, 3.8) is 0 Å². The Labute approximate surface area is 187 Å². The minimum Gasteiger partial charge on any atom is -0.478 e. The quantitative estimate of drug-likeness (QED) is 0.516. The van der Waals surface area contributed by atoms with E-state index >= 15 is 0 Å². The highest BCUT2D eigenvalue weighted by molar-refractivity contribution is 5.87. The topological polar surface area (TPSA) is 60.8 Å². The molecule has 2 aromatic carbocycles. The fraction of sp³-hybridized carbons (Fsp3) is 0.480. The zero-order valence-corrected chi connectivity index (χ0v) is 18.6. The molecule has 3 rings (SSSR count). The molecule has 1 aliphatic rings. The maximum atomic E-state index is 10.2. The van der Waals surface area contributed by atoms with E-state index in [1.54, 1.807) is 30.3 Å². The van der Waals surface area contributed by atoms with Gasteiger partial charge in [0.15, 0.2) is 0 Å². The van der Waals surface area contributed by atoms with Gasteiger partial charge >= 0.3 is 5.97 Å². The second-order valence-electron chi connectivity index (χ2n) is 7.67. The summed E-state index contributed by atoms with van der Waals surface area (Å²) in [7, 11) is 0. The van der Waals surface area contributed by atoms with Crippen LogP contribution in [-0.4, -0.2) is 46.8 Å². The van der Waals surface area contributed by atoms with Crippen LogP contribution in [0.5, 0.6) is 0 Å². The monoisotopic (exact) mass is 433 g/mol. The maximum absolute atomic E-state index is 10.2. The van der Waals surface area contributed by atoms with Crippen LogP contribution in [0, 0.1) is 0 Å². The summed E-state index contributed by atoms with van der Waals surface area (Å²) in [5.74, 6) is -0.879. The second kappa shape index (κ2) is 15.9. The van der Waals surface area contributed by atoms with Crippen LogP contribution >= 0.6 is 12.4 Å². The Morgan fingerprint density at radius 2 is 1.60 bits per heavy atom. The average Bonchev–Trinajstić information content (AvgIpc) is 2.78. The van der Waals surface area contributed by atoms with Crippen LogP contribution in [-0.2, 0) is 6.42 Å². The average molecular weight is 434 g/mol. The van der Waals surface area contributed by atoms with Gasteiger partial charge in [0.25, 0.3) is 0 Å². The molecule has 0 saturated carbocycles. The zero-order valence-electron chi connectivity index (χ0n) is 17.8. The minimum absolute atomic E-state index is 0. The van der Waals surface area contributed by atoms with Crippen LogP contribution in [0.2, 0.25) is 0 Å². The van der Waals surface area contributed by atoms with E-state index in [4.69, 9.17) is 10.2 Å². The first-order chi connectivity index (χ1) is 14.2. The highest BCUT2D eigenvalue weighted by Crippen LogP contribution is 2.22. The van der Waals surface area contributed by atoms with Gasteiger partial charge in [-0.15, -0.1) is 12.4 Å². The molecular weight excluding hydrogens is 398 g/mol. The van der Waals surface area contributed by atoms with Gasteiger partial charge in [0.1, 0.15) is 0 Å². The number of halogens is 1. The Hall–Kier alpha value is -1.88. The Morgan fingerprint density at radius 3 is 2.20 bits per heavy atom. The van der Waals surface area contributed by atoms with Crippen molar-refractivity contribution < 1.29 is 15.0 Å². The van der Waals surface area contributed by atoms with E-state index in [0.717, 1.165) is 19.0 Å². The Morgan fingerprint density at radius 1 is 0.933 bits per heavy atom. The van der Waals surface area contributed by atoms with Gasteiger partial charge in [0.05, 0.1) is 5.56 Å². The summed E-state index contributed by atoms with van der Waals surface area (Å²) < 4.78 is 0. The number of aromatic carboxylic acids is 1. The van der Waals surface area contributed by atoms with Crippen LogP contribution in [0.25, 0.3) is 0 Å². The molecule has 166 valence electrons. The number of aliphatic hydroxyl groups excluding tert-OH is 1. The third-order valence-electron chi connectivity index (χ3n) is 5.47. The van der Waals surface area contributed by atoms with Crippen LogP contribution < -0.4 is 0 Å². The second-order valence-corrected chi connectivity index (χ2v) is 7.67. The summed E-state index contributed by atoms with van der Waals surface area (Å²) in [6.45, 7) is 2.65. The number of hydrogen-bond donors (Lipinski definition) is 2. The van der Waals surface area contributed by atoms with Crippen LogP contribution in [0.15, 0.2) is 60.7 Å². The Bertz CT molecular complexity index is 681. The molecule has 1 saturated heterocycles. The van der Waals surface area contributed by atoms with E-state index in [1.165, 1.54) is 57.1 Å². The van der Waals surface area contributed by atoms with Gasteiger partial charge in [-0.3, -0.25) is 0 Å². The van der Waals surface area contributed by atoms with E-state index < -0.39 is 5.97 Å². The number of piperidine rings is 1. The number of aryl methyl sites for hydroxylation is 1. The lowest BCUT2D eigenvalue weighted by atomic mass is 9.96. The van der Waals surface area contributed by atoms with Crippen molar-refractivity contribution in [3.8, 4) is 0 Å². The van der Waals surface area contributed by atoms with Gasteiger partial charge < -0.3 is 15.1 Å². The summed E-state index contributed by atoms with van der Waals surface area (Å²) in [4.78, 5) is 12.8. The fourth-order valence-electron chi connectivity index (χ4n) is 3.89. The summed E-state index contributed by atoms with van der Waals surface area (Å²) in [5, 5.41) is 17.4. The van der Waals surface area contributed by atoms with Crippen molar-refractivity contribution in [2.75, 3.05) is 19.7 Å². The molecule has 0 aliphatic carbocycles. The normalized spacial score (nSPS) is 16.1. The maximum Gasteiger partial charge on any atom is 0.335 e. The molecule has 0 aromatic heterocycles. The smallest absolute Gasteiger partial charge is 0.335 e. The molecule has 1 atom stereocenters. The van der Waals surface area contributed by atoms with Gasteiger partial charge in [0, 0.05) is 19.2 Å². The van der Waals surface area contributed by atoms with Crippen molar-refractivity contribution in [1.29, 1.82) is 0 Å². The van der Waals surface area contributed by atoms with Gasteiger partial charge in [-0.2, -0.15) is 0 Å².